The van der Waals surface area contributed by atoms with Crippen LogP contribution in [0.4, 0.5) is 0 Å². The van der Waals surface area contributed by atoms with Crippen molar-refractivity contribution in [3.05, 3.63) is 88.0 Å². The molecule has 0 saturated heterocycles. The first-order chi connectivity index (χ1) is 14.9. The van der Waals surface area contributed by atoms with Gasteiger partial charge >= 0.3 is 0 Å². The van der Waals surface area contributed by atoms with Gasteiger partial charge in [-0.05, 0) is 30.5 Å². The largest absolute Gasteiger partial charge is 0.350 e. The van der Waals surface area contributed by atoms with E-state index in [9.17, 15) is 9.59 Å². The number of hydrogen-bond acceptors (Lipinski definition) is 4. The third-order valence-corrected chi connectivity index (χ3v) is 5.16. The lowest BCUT2D eigenvalue weighted by atomic mass is 10.1. The Hall–Kier alpha value is -3.74. The topological polar surface area (TPSA) is 81.8 Å². The number of benzene rings is 2. The zero-order valence-electron chi connectivity index (χ0n) is 17.9. The average molecular weight is 415 g/mol. The molecular weight excluding hydrogens is 390 g/mol. The first kappa shape index (κ1) is 20.5. The van der Waals surface area contributed by atoms with Crippen molar-refractivity contribution in [3.63, 3.8) is 0 Å². The van der Waals surface area contributed by atoms with Gasteiger partial charge in [0.05, 0.1) is 17.6 Å². The zero-order chi connectivity index (χ0) is 22.0. The molecule has 0 bridgehead atoms. The first-order valence-electron chi connectivity index (χ1n) is 10.3. The molecule has 7 heteroatoms. The second-order valence-electron chi connectivity index (χ2n) is 7.92. The molecule has 158 valence electrons. The van der Waals surface area contributed by atoms with Crippen LogP contribution in [0.5, 0.6) is 0 Å². The number of carbonyl (C=O) groups is 1. The molecule has 0 aliphatic heterocycles. The van der Waals surface area contributed by atoms with E-state index in [1.807, 2.05) is 75.4 Å². The van der Waals surface area contributed by atoms with Crippen molar-refractivity contribution in [2.24, 2.45) is 0 Å². The second kappa shape index (κ2) is 8.55. The minimum atomic E-state index is -0.341. The van der Waals surface area contributed by atoms with E-state index in [4.69, 9.17) is 0 Å². The molecule has 2 heterocycles. The highest BCUT2D eigenvalue weighted by molar-refractivity contribution is 5.82. The van der Waals surface area contributed by atoms with Crippen LogP contribution in [-0.2, 0) is 17.9 Å². The molecule has 2 aromatic heterocycles. The molecular formula is C24H25N5O2. The molecule has 31 heavy (non-hydrogen) atoms. The molecule has 2 aromatic carbocycles. The summed E-state index contributed by atoms with van der Waals surface area (Å²) in [5.74, 6) is -0.201. The Morgan fingerprint density at radius 3 is 2.45 bits per heavy atom. The van der Waals surface area contributed by atoms with Crippen molar-refractivity contribution in [1.29, 1.82) is 0 Å². The molecule has 1 amide bonds. The van der Waals surface area contributed by atoms with Crippen LogP contribution in [0, 0.1) is 6.92 Å². The molecule has 0 aliphatic rings. The molecule has 4 aromatic rings. The third kappa shape index (κ3) is 4.26. The van der Waals surface area contributed by atoms with Crippen molar-refractivity contribution >= 4 is 16.8 Å². The van der Waals surface area contributed by atoms with Gasteiger partial charge in [0.1, 0.15) is 12.1 Å². The van der Waals surface area contributed by atoms with Crippen molar-refractivity contribution in [1.82, 2.24) is 24.9 Å². The maximum absolute atomic E-state index is 13.3. The lowest BCUT2D eigenvalue weighted by Crippen LogP contribution is -2.34. The Morgan fingerprint density at radius 2 is 1.77 bits per heavy atom. The van der Waals surface area contributed by atoms with Crippen molar-refractivity contribution in [2.75, 3.05) is 0 Å². The summed E-state index contributed by atoms with van der Waals surface area (Å²) in [4.78, 5) is 25.8. The molecule has 0 spiro atoms. The lowest BCUT2D eigenvalue weighted by molar-refractivity contribution is -0.122. The maximum atomic E-state index is 13.3. The van der Waals surface area contributed by atoms with Gasteiger partial charge in [-0.2, -0.15) is 10.2 Å². The molecule has 0 atom stereocenters. The van der Waals surface area contributed by atoms with Crippen LogP contribution in [0.3, 0.4) is 0 Å². The predicted octanol–water partition coefficient (Wildman–Crippen LogP) is 3.33. The molecule has 0 saturated carbocycles. The average Bonchev–Trinajstić information content (AvgIpc) is 3.21. The van der Waals surface area contributed by atoms with Crippen molar-refractivity contribution in [3.8, 4) is 5.69 Å². The number of hydrogen-bond donors (Lipinski definition) is 1. The minimum Gasteiger partial charge on any atom is -0.350 e. The van der Waals surface area contributed by atoms with Crippen LogP contribution >= 0.6 is 0 Å². The fourth-order valence-corrected chi connectivity index (χ4v) is 3.49. The van der Waals surface area contributed by atoms with Crippen LogP contribution in [0.15, 0.2) is 65.6 Å². The van der Waals surface area contributed by atoms with E-state index in [1.54, 1.807) is 10.9 Å². The summed E-state index contributed by atoms with van der Waals surface area (Å²) in [7, 11) is 0. The highest BCUT2D eigenvalue weighted by Crippen LogP contribution is 2.22. The van der Waals surface area contributed by atoms with E-state index in [1.165, 1.54) is 4.68 Å². The molecule has 0 fully saturated rings. The number of aromatic nitrogens is 4. The zero-order valence-corrected chi connectivity index (χ0v) is 17.9. The number of nitrogens with one attached hydrogen (secondary N) is 1. The molecule has 0 radical (unpaired) electrons. The lowest BCUT2D eigenvalue weighted by Gasteiger charge is -2.12. The van der Waals surface area contributed by atoms with Crippen LogP contribution in [0.25, 0.3) is 16.6 Å². The smallest absolute Gasteiger partial charge is 0.293 e. The number of carbonyl (C=O) groups excluding carboxylic acids is 1. The maximum Gasteiger partial charge on any atom is 0.293 e. The van der Waals surface area contributed by atoms with E-state index < -0.39 is 0 Å². The number of nitrogens with zero attached hydrogens (tertiary/aromatic N) is 4. The fraction of sp³-hybridized carbons (Fsp3) is 0.250. The summed E-state index contributed by atoms with van der Waals surface area (Å²) >= 11 is 0. The van der Waals surface area contributed by atoms with E-state index in [0.29, 0.717) is 17.4 Å². The van der Waals surface area contributed by atoms with Gasteiger partial charge in [-0.15, -0.1) is 0 Å². The Balaban J connectivity index is 1.67. The van der Waals surface area contributed by atoms with Crippen LogP contribution in [0.2, 0.25) is 0 Å². The monoisotopic (exact) mass is 415 g/mol. The number of aryl methyl sites for hydroxylation is 1. The van der Waals surface area contributed by atoms with E-state index >= 15 is 0 Å². The Kier molecular flexibility index (Phi) is 5.66. The van der Waals surface area contributed by atoms with E-state index in [0.717, 1.165) is 22.5 Å². The molecule has 4 rings (SSSR count). The number of fused-ring (bicyclic) bond motifs is 1. The van der Waals surface area contributed by atoms with Gasteiger partial charge in [-0.1, -0.05) is 61.9 Å². The fourth-order valence-electron chi connectivity index (χ4n) is 3.49. The SMILES string of the molecule is Cc1ccc(CNC(=O)Cn2nc(C(C)C)c3cnn(-c4ccccc4)c3c2=O)cc1. The van der Waals surface area contributed by atoms with Gasteiger partial charge in [-0.3, -0.25) is 9.59 Å². The number of rotatable bonds is 6. The van der Waals surface area contributed by atoms with Crippen molar-refractivity contribution < 1.29 is 4.79 Å². The van der Waals surface area contributed by atoms with E-state index in [2.05, 4.69) is 15.5 Å². The summed E-state index contributed by atoms with van der Waals surface area (Å²) in [6.07, 6.45) is 1.67. The van der Waals surface area contributed by atoms with Crippen LogP contribution in [-0.4, -0.2) is 25.5 Å². The molecule has 0 unspecified atom stereocenters. The summed E-state index contributed by atoms with van der Waals surface area (Å²) in [5.41, 5.74) is 3.77. The third-order valence-electron chi connectivity index (χ3n) is 5.16. The van der Waals surface area contributed by atoms with Gasteiger partial charge in [-0.25, -0.2) is 9.36 Å². The molecule has 0 aliphatic carbocycles. The predicted molar refractivity (Wildman–Crippen MR) is 120 cm³/mol. The van der Waals surface area contributed by atoms with Gasteiger partial charge in [0.2, 0.25) is 5.91 Å². The van der Waals surface area contributed by atoms with Gasteiger partial charge < -0.3 is 5.32 Å². The molecule has 7 nitrogen and oxygen atoms in total. The summed E-state index contributed by atoms with van der Waals surface area (Å²) in [6.45, 7) is 6.28. The Labute approximate surface area is 180 Å². The first-order valence-corrected chi connectivity index (χ1v) is 10.3. The summed E-state index contributed by atoms with van der Waals surface area (Å²) < 4.78 is 2.86. The summed E-state index contributed by atoms with van der Waals surface area (Å²) in [5, 5.41) is 12.5. The van der Waals surface area contributed by atoms with Crippen molar-refractivity contribution in [2.45, 2.75) is 39.8 Å². The minimum absolute atomic E-state index is 0.0680. The van der Waals surface area contributed by atoms with Crippen LogP contribution in [0.1, 0.15) is 36.6 Å². The standard InChI is InChI=1S/C24H25N5O2/c1-16(2)22-20-14-26-29(19-7-5-4-6-8-19)23(20)24(31)28(27-22)15-21(30)25-13-18-11-9-17(3)10-12-18/h4-12,14,16H,13,15H2,1-3H3,(H,25,30). The van der Waals surface area contributed by atoms with Crippen LogP contribution < -0.4 is 10.9 Å². The van der Waals surface area contributed by atoms with Gasteiger partial charge in [0.15, 0.2) is 0 Å². The number of amides is 1. The molecule has 1 N–H and O–H groups in total. The highest BCUT2D eigenvalue weighted by Gasteiger charge is 2.19. The summed E-state index contributed by atoms with van der Waals surface area (Å²) in [6, 6.07) is 17.4. The van der Waals surface area contributed by atoms with Gasteiger partial charge in [0.25, 0.3) is 5.56 Å². The van der Waals surface area contributed by atoms with Gasteiger partial charge in [0, 0.05) is 11.9 Å². The highest BCUT2D eigenvalue weighted by atomic mass is 16.2. The quantitative estimate of drug-likeness (QED) is 0.524. The normalized spacial score (nSPS) is 11.2. The Bertz CT molecular complexity index is 1270. The Morgan fingerprint density at radius 1 is 1.06 bits per heavy atom. The van der Waals surface area contributed by atoms with E-state index in [-0.39, 0.29) is 23.9 Å². The number of para-hydroxylation sites is 1. The second-order valence-corrected chi connectivity index (χ2v) is 7.92.